The van der Waals surface area contributed by atoms with Crippen molar-refractivity contribution >= 4 is 15.7 Å². The van der Waals surface area contributed by atoms with E-state index < -0.39 is 10.0 Å². The molecule has 0 atom stereocenters. The normalized spacial score (nSPS) is 18.3. The molecule has 0 spiro atoms. The van der Waals surface area contributed by atoms with Gasteiger partial charge in [-0.3, -0.25) is 0 Å². The van der Waals surface area contributed by atoms with Crippen LogP contribution in [0, 0.1) is 0 Å². The Kier molecular flexibility index (Phi) is 3.26. The summed E-state index contributed by atoms with van der Waals surface area (Å²) in [7, 11) is -3.10. The van der Waals surface area contributed by atoms with E-state index in [-0.39, 0.29) is 5.75 Å². The number of phenolic OH excluding ortho intramolecular Hbond substituents is 1. The van der Waals surface area contributed by atoms with E-state index in [4.69, 9.17) is 0 Å². The fraction of sp³-hybridized carbons (Fsp3) is 0.455. The van der Waals surface area contributed by atoms with Gasteiger partial charge in [-0.25, -0.2) is 8.42 Å². The fourth-order valence-electron chi connectivity index (χ4n) is 1.99. The first-order valence-corrected chi connectivity index (χ1v) is 7.31. The number of para-hydroxylation sites is 2. The molecular formula is C11H16N2O3S. The van der Waals surface area contributed by atoms with Gasteiger partial charge in [-0.1, -0.05) is 12.1 Å². The van der Waals surface area contributed by atoms with Crippen LogP contribution in [0.4, 0.5) is 5.69 Å². The molecule has 1 fully saturated rings. The SMILES string of the molecule is CS(=O)(=O)N1CCN(c2ccccc2O)CC1. The van der Waals surface area contributed by atoms with Crippen molar-refractivity contribution in [3.05, 3.63) is 24.3 Å². The van der Waals surface area contributed by atoms with Crippen molar-refractivity contribution in [3.8, 4) is 5.75 Å². The van der Waals surface area contributed by atoms with Gasteiger partial charge < -0.3 is 10.0 Å². The van der Waals surface area contributed by atoms with Gasteiger partial charge in [0.2, 0.25) is 10.0 Å². The van der Waals surface area contributed by atoms with E-state index in [2.05, 4.69) is 0 Å². The van der Waals surface area contributed by atoms with Crippen LogP contribution < -0.4 is 4.90 Å². The zero-order valence-corrected chi connectivity index (χ0v) is 10.5. The van der Waals surface area contributed by atoms with Crippen molar-refractivity contribution in [2.24, 2.45) is 0 Å². The number of anilines is 1. The zero-order chi connectivity index (χ0) is 12.5. The lowest BCUT2D eigenvalue weighted by molar-refractivity contribution is 0.385. The Labute approximate surface area is 101 Å². The number of phenols is 1. The topological polar surface area (TPSA) is 60.9 Å². The molecule has 6 heteroatoms. The predicted molar refractivity (Wildman–Crippen MR) is 66.7 cm³/mol. The standard InChI is InChI=1S/C11H16N2O3S/c1-17(15,16)13-8-6-12(7-9-13)10-4-2-3-5-11(10)14/h2-5,14H,6-9H2,1H3. The quantitative estimate of drug-likeness (QED) is 0.836. The monoisotopic (exact) mass is 256 g/mol. The van der Waals surface area contributed by atoms with Crippen LogP contribution in [-0.4, -0.2) is 50.3 Å². The van der Waals surface area contributed by atoms with Gasteiger partial charge in [0.15, 0.2) is 0 Å². The molecule has 1 saturated heterocycles. The van der Waals surface area contributed by atoms with Gasteiger partial charge in [0.25, 0.3) is 0 Å². The third-order valence-electron chi connectivity index (χ3n) is 2.93. The molecule has 1 aromatic carbocycles. The highest BCUT2D eigenvalue weighted by Gasteiger charge is 2.24. The van der Waals surface area contributed by atoms with Gasteiger partial charge in [-0.15, -0.1) is 0 Å². The number of sulfonamides is 1. The zero-order valence-electron chi connectivity index (χ0n) is 9.70. The van der Waals surface area contributed by atoms with Crippen molar-refractivity contribution in [2.45, 2.75) is 0 Å². The van der Waals surface area contributed by atoms with Crippen LogP contribution in [0.1, 0.15) is 0 Å². The maximum Gasteiger partial charge on any atom is 0.211 e. The molecule has 1 heterocycles. The van der Waals surface area contributed by atoms with Crippen LogP contribution in [0.2, 0.25) is 0 Å². The summed E-state index contributed by atoms with van der Waals surface area (Å²) >= 11 is 0. The summed E-state index contributed by atoms with van der Waals surface area (Å²) in [5.41, 5.74) is 0.764. The number of rotatable bonds is 2. The maximum absolute atomic E-state index is 11.4. The Morgan fingerprint density at radius 3 is 2.24 bits per heavy atom. The summed E-state index contributed by atoms with van der Waals surface area (Å²) in [5.74, 6) is 0.236. The summed E-state index contributed by atoms with van der Waals surface area (Å²) < 4.78 is 24.2. The Balaban J connectivity index is 2.08. The molecule has 0 amide bonds. The number of aromatic hydroxyl groups is 1. The lowest BCUT2D eigenvalue weighted by atomic mass is 10.2. The minimum Gasteiger partial charge on any atom is -0.506 e. The second-order valence-electron chi connectivity index (χ2n) is 4.14. The van der Waals surface area contributed by atoms with Gasteiger partial charge in [0.1, 0.15) is 5.75 Å². The first kappa shape index (κ1) is 12.2. The second kappa shape index (κ2) is 4.54. The number of hydrogen-bond donors (Lipinski definition) is 1. The molecule has 2 rings (SSSR count). The minimum atomic E-state index is -3.10. The smallest absolute Gasteiger partial charge is 0.211 e. The molecule has 1 aliphatic rings. The number of nitrogens with zero attached hydrogens (tertiary/aromatic N) is 2. The van der Waals surface area contributed by atoms with Crippen LogP contribution in [0.15, 0.2) is 24.3 Å². The molecule has 1 N–H and O–H groups in total. The highest BCUT2D eigenvalue weighted by Crippen LogP contribution is 2.27. The van der Waals surface area contributed by atoms with Crippen LogP contribution in [0.5, 0.6) is 5.75 Å². The highest BCUT2D eigenvalue weighted by molar-refractivity contribution is 7.88. The molecule has 1 aliphatic heterocycles. The van der Waals surface area contributed by atoms with Crippen molar-refractivity contribution in [1.82, 2.24) is 4.31 Å². The first-order valence-electron chi connectivity index (χ1n) is 5.46. The lowest BCUT2D eigenvalue weighted by Crippen LogP contribution is -2.48. The fourth-order valence-corrected chi connectivity index (χ4v) is 2.82. The largest absolute Gasteiger partial charge is 0.506 e. The summed E-state index contributed by atoms with van der Waals surface area (Å²) in [5, 5.41) is 9.72. The molecular weight excluding hydrogens is 240 g/mol. The molecule has 0 bridgehead atoms. The molecule has 1 aromatic rings. The Bertz CT molecular complexity index is 493. The number of hydrogen-bond acceptors (Lipinski definition) is 4. The first-order chi connectivity index (χ1) is 7.98. The second-order valence-corrected chi connectivity index (χ2v) is 6.12. The van der Waals surface area contributed by atoms with Crippen LogP contribution >= 0.6 is 0 Å². The van der Waals surface area contributed by atoms with E-state index in [9.17, 15) is 13.5 Å². The highest BCUT2D eigenvalue weighted by atomic mass is 32.2. The molecule has 17 heavy (non-hydrogen) atoms. The number of benzene rings is 1. The van der Waals surface area contributed by atoms with E-state index in [0.717, 1.165) is 5.69 Å². The van der Waals surface area contributed by atoms with Crippen molar-refractivity contribution in [2.75, 3.05) is 37.3 Å². The van der Waals surface area contributed by atoms with Crippen LogP contribution in [0.25, 0.3) is 0 Å². The van der Waals surface area contributed by atoms with Gasteiger partial charge in [-0.2, -0.15) is 4.31 Å². The Morgan fingerprint density at radius 1 is 1.12 bits per heavy atom. The van der Waals surface area contributed by atoms with Crippen LogP contribution in [0.3, 0.4) is 0 Å². The van der Waals surface area contributed by atoms with Crippen molar-refractivity contribution in [3.63, 3.8) is 0 Å². The molecule has 0 aromatic heterocycles. The summed E-state index contributed by atoms with van der Waals surface area (Å²) in [6.45, 7) is 2.13. The van der Waals surface area contributed by atoms with Gasteiger partial charge in [0.05, 0.1) is 11.9 Å². The molecule has 0 radical (unpaired) electrons. The molecule has 0 saturated carbocycles. The minimum absolute atomic E-state index is 0.236. The molecule has 5 nitrogen and oxygen atoms in total. The lowest BCUT2D eigenvalue weighted by Gasteiger charge is -2.34. The van der Waals surface area contributed by atoms with E-state index >= 15 is 0 Å². The van der Waals surface area contributed by atoms with E-state index in [1.54, 1.807) is 12.1 Å². The molecule has 0 aliphatic carbocycles. The van der Waals surface area contributed by atoms with E-state index in [1.165, 1.54) is 10.6 Å². The van der Waals surface area contributed by atoms with Crippen molar-refractivity contribution in [1.29, 1.82) is 0 Å². The summed E-state index contributed by atoms with van der Waals surface area (Å²) in [6.07, 6.45) is 1.22. The van der Waals surface area contributed by atoms with Gasteiger partial charge >= 0.3 is 0 Å². The van der Waals surface area contributed by atoms with E-state index in [1.807, 2.05) is 17.0 Å². The average Bonchev–Trinajstić information content (AvgIpc) is 2.29. The Morgan fingerprint density at radius 2 is 1.71 bits per heavy atom. The Hall–Kier alpha value is -1.27. The third-order valence-corrected chi connectivity index (χ3v) is 4.23. The van der Waals surface area contributed by atoms with Crippen molar-refractivity contribution < 1.29 is 13.5 Å². The van der Waals surface area contributed by atoms with Gasteiger partial charge in [-0.05, 0) is 12.1 Å². The number of piperazine rings is 1. The van der Waals surface area contributed by atoms with E-state index in [0.29, 0.717) is 26.2 Å². The average molecular weight is 256 g/mol. The van der Waals surface area contributed by atoms with Gasteiger partial charge in [0, 0.05) is 26.2 Å². The third kappa shape index (κ3) is 2.70. The predicted octanol–water partition coefficient (Wildman–Crippen LogP) is 0.474. The maximum atomic E-state index is 11.4. The summed E-state index contributed by atoms with van der Waals surface area (Å²) in [6, 6.07) is 7.10. The molecule has 0 unspecified atom stereocenters. The van der Waals surface area contributed by atoms with Crippen LogP contribution in [-0.2, 0) is 10.0 Å². The molecule has 94 valence electrons. The summed E-state index contributed by atoms with van der Waals surface area (Å²) in [4.78, 5) is 2.00.